The molecule has 2 rings (SSSR count). The van der Waals surface area contributed by atoms with Crippen LogP contribution in [0.25, 0.3) is 0 Å². The number of aliphatic hydroxyl groups is 1. The largest absolute Gasteiger partial charge is 0.389 e. The normalized spacial score (nSPS) is 19.4. The Hall–Kier alpha value is -1.06. The number of para-hydroxylation sites is 1. The molecule has 1 heterocycles. The number of hydrogen-bond acceptors (Lipinski definition) is 3. The van der Waals surface area contributed by atoms with Crippen molar-refractivity contribution in [1.82, 2.24) is 0 Å². The molecule has 0 saturated carbocycles. The zero-order chi connectivity index (χ0) is 12.3. The highest BCUT2D eigenvalue weighted by molar-refractivity contribution is 5.54. The summed E-state index contributed by atoms with van der Waals surface area (Å²) in [6.45, 7) is 3.82. The van der Waals surface area contributed by atoms with Crippen LogP contribution >= 0.6 is 0 Å². The van der Waals surface area contributed by atoms with E-state index in [0.29, 0.717) is 6.10 Å². The number of anilines is 1. The molecule has 0 aromatic heterocycles. The minimum absolute atomic E-state index is 0.393. The first kappa shape index (κ1) is 12.4. The fraction of sp³-hybridized carbons (Fsp3) is 0.571. The van der Waals surface area contributed by atoms with Crippen LogP contribution in [-0.2, 0) is 4.74 Å². The third-order valence-electron chi connectivity index (χ3n) is 3.50. The summed E-state index contributed by atoms with van der Waals surface area (Å²) < 4.78 is 5.38. The number of nitrogens with zero attached hydrogens (tertiary/aromatic N) is 1. The van der Waals surface area contributed by atoms with Crippen molar-refractivity contribution in [2.24, 2.45) is 0 Å². The molecular formula is C14H21NO2. The summed E-state index contributed by atoms with van der Waals surface area (Å²) in [5, 5.41) is 9.78. The van der Waals surface area contributed by atoms with Gasteiger partial charge in [0, 0.05) is 31.5 Å². The van der Waals surface area contributed by atoms with Crippen LogP contribution in [0.15, 0.2) is 24.3 Å². The number of ether oxygens (including phenoxy) is 1. The van der Waals surface area contributed by atoms with E-state index in [1.54, 1.807) is 7.11 Å². The van der Waals surface area contributed by atoms with E-state index in [4.69, 9.17) is 4.74 Å². The van der Waals surface area contributed by atoms with Gasteiger partial charge in [-0.25, -0.2) is 0 Å². The maximum Gasteiger partial charge on any atom is 0.0781 e. The third kappa shape index (κ3) is 2.79. The molecule has 1 aliphatic rings. The van der Waals surface area contributed by atoms with Gasteiger partial charge in [0.2, 0.25) is 0 Å². The maximum atomic E-state index is 9.78. The van der Waals surface area contributed by atoms with Gasteiger partial charge in [-0.3, -0.25) is 0 Å². The van der Waals surface area contributed by atoms with E-state index in [1.165, 1.54) is 0 Å². The molecule has 0 amide bonds. The molecule has 0 aliphatic carbocycles. The van der Waals surface area contributed by atoms with Gasteiger partial charge in [-0.05, 0) is 25.8 Å². The molecule has 3 nitrogen and oxygen atoms in total. The second kappa shape index (κ2) is 5.52. The van der Waals surface area contributed by atoms with Crippen molar-refractivity contribution in [2.75, 3.05) is 25.1 Å². The van der Waals surface area contributed by atoms with Gasteiger partial charge in [0.15, 0.2) is 0 Å². The molecule has 0 bridgehead atoms. The molecule has 1 aromatic carbocycles. The van der Waals surface area contributed by atoms with Crippen molar-refractivity contribution >= 4 is 5.69 Å². The van der Waals surface area contributed by atoms with Crippen LogP contribution in [0.4, 0.5) is 5.69 Å². The zero-order valence-electron chi connectivity index (χ0n) is 10.6. The molecule has 1 aromatic rings. The summed E-state index contributed by atoms with van der Waals surface area (Å²) in [4.78, 5) is 2.34. The Balaban J connectivity index is 2.13. The SMILES string of the molecule is COC1CCN(c2ccccc2C(C)O)CC1. The number of aliphatic hydroxyl groups excluding tert-OH is 1. The highest BCUT2D eigenvalue weighted by Gasteiger charge is 2.21. The topological polar surface area (TPSA) is 32.7 Å². The molecule has 1 fully saturated rings. The number of piperidine rings is 1. The Morgan fingerprint density at radius 2 is 1.94 bits per heavy atom. The lowest BCUT2D eigenvalue weighted by Crippen LogP contribution is -2.37. The van der Waals surface area contributed by atoms with E-state index < -0.39 is 6.10 Å². The number of hydrogen-bond donors (Lipinski definition) is 1. The van der Waals surface area contributed by atoms with E-state index in [2.05, 4.69) is 11.0 Å². The van der Waals surface area contributed by atoms with E-state index in [-0.39, 0.29) is 0 Å². The van der Waals surface area contributed by atoms with Crippen LogP contribution in [0.1, 0.15) is 31.4 Å². The van der Waals surface area contributed by atoms with Crippen molar-refractivity contribution in [2.45, 2.75) is 32.0 Å². The quantitative estimate of drug-likeness (QED) is 0.873. The monoisotopic (exact) mass is 235 g/mol. The Morgan fingerprint density at radius 3 is 2.53 bits per heavy atom. The van der Waals surface area contributed by atoms with Crippen LogP contribution < -0.4 is 4.90 Å². The fourth-order valence-electron chi connectivity index (χ4n) is 2.46. The Labute approximate surface area is 103 Å². The second-order valence-corrected chi connectivity index (χ2v) is 4.66. The molecule has 0 radical (unpaired) electrons. The predicted octanol–water partition coefficient (Wildman–Crippen LogP) is 2.36. The highest BCUT2D eigenvalue weighted by atomic mass is 16.5. The van der Waals surface area contributed by atoms with Gasteiger partial charge in [0.25, 0.3) is 0 Å². The summed E-state index contributed by atoms with van der Waals surface area (Å²) in [6, 6.07) is 8.11. The zero-order valence-corrected chi connectivity index (χ0v) is 10.6. The average molecular weight is 235 g/mol. The summed E-state index contributed by atoms with van der Waals surface area (Å²) in [6.07, 6.45) is 2.10. The first-order valence-electron chi connectivity index (χ1n) is 6.27. The lowest BCUT2D eigenvalue weighted by atomic mass is 10.0. The number of rotatable bonds is 3. The molecule has 94 valence electrons. The lowest BCUT2D eigenvalue weighted by Gasteiger charge is -2.34. The van der Waals surface area contributed by atoms with Crippen molar-refractivity contribution in [3.8, 4) is 0 Å². The van der Waals surface area contributed by atoms with Gasteiger partial charge in [-0.2, -0.15) is 0 Å². The fourth-order valence-corrected chi connectivity index (χ4v) is 2.46. The standard InChI is InChI=1S/C14H21NO2/c1-11(16)13-5-3-4-6-14(13)15-9-7-12(17-2)8-10-15/h3-6,11-12,16H,7-10H2,1-2H3. The van der Waals surface area contributed by atoms with Gasteiger partial charge in [-0.15, -0.1) is 0 Å². The van der Waals surface area contributed by atoms with Gasteiger partial charge in [0.05, 0.1) is 12.2 Å². The molecule has 0 spiro atoms. The lowest BCUT2D eigenvalue weighted by molar-refractivity contribution is 0.0818. The van der Waals surface area contributed by atoms with Crippen LogP contribution in [0.2, 0.25) is 0 Å². The minimum Gasteiger partial charge on any atom is -0.389 e. The molecule has 1 aliphatic heterocycles. The van der Waals surface area contributed by atoms with Crippen molar-refractivity contribution in [3.05, 3.63) is 29.8 Å². The second-order valence-electron chi connectivity index (χ2n) is 4.66. The van der Waals surface area contributed by atoms with Crippen molar-refractivity contribution in [3.63, 3.8) is 0 Å². The van der Waals surface area contributed by atoms with Gasteiger partial charge in [0.1, 0.15) is 0 Å². The Bertz CT molecular complexity index is 357. The van der Waals surface area contributed by atoms with Gasteiger partial charge in [-0.1, -0.05) is 18.2 Å². The van der Waals surface area contributed by atoms with Crippen LogP contribution in [0.5, 0.6) is 0 Å². The van der Waals surface area contributed by atoms with Crippen LogP contribution in [0, 0.1) is 0 Å². The minimum atomic E-state index is -0.411. The highest BCUT2D eigenvalue weighted by Crippen LogP contribution is 2.28. The molecule has 3 heteroatoms. The Kier molecular flexibility index (Phi) is 4.02. The van der Waals surface area contributed by atoms with E-state index in [9.17, 15) is 5.11 Å². The first-order chi connectivity index (χ1) is 8.22. The van der Waals surface area contributed by atoms with Gasteiger partial charge < -0.3 is 14.7 Å². The number of benzene rings is 1. The maximum absolute atomic E-state index is 9.78. The number of methoxy groups -OCH3 is 1. The molecule has 1 atom stereocenters. The van der Waals surface area contributed by atoms with Crippen molar-refractivity contribution < 1.29 is 9.84 Å². The van der Waals surface area contributed by atoms with E-state index >= 15 is 0 Å². The first-order valence-corrected chi connectivity index (χ1v) is 6.27. The van der Waals surface area contributed by atoms with Crippen LogP contribution in [-0.4, -0.2) is 31.4 Å². The Morgan fingerprint density at radius 1 is 1.29 bits per heavy atom. The third-order valence-corrected chi connectivity index (χ3v) is 3.50. The van der Waals surface area contributed by atoms with Gasteiger partial charge >= 0.3 is 0 Å². The summed E-state index contributed by atoms with van der Waals surface area (Å²) in [5.74, 6) is 0. The predicted molar refractivity (Wildman–Crippen MR) is 69.3 cm³/mol. The molecule has 1 saturated heterocycles. The molecular weight excluding hydrogens is 214 g/mol. The van der Waals surface area contributed by atoms with E-state index in [1.807, 2.05) is 25.1 Å². The summed E-state index contributed by atoms with van der Waals surface area (Å²) in [5.41, 5.74) is 2.18. The van der Waals surface area contributed by atoms with E-state index in [0.717, 1.165) is 37.2 Å². The smallest absolute Gasteiger partial charge is 0.0781 e. The molecule has 1 N–H and O–H groups in total. The summed E-state index contributed by atoms with van der Waals surface area (Å²) in [7, 11) is 1.78. The average Bonchev–Trinajstić information content (AvgIpc) is 2.39. The summed E-state index contributed by atoms with van der Waals surface area (Å²) >= 11 is 0. The van der Waals surface area contributed by atoms with Crippen LogP contribution in [0.3, 0.4) is 0 Å². The molecule has 17 heavy (non-hydrogen) atoms. The van der Waals surface area contributed by atoms with Crippen molar-refractivity contribution in [1.29, 1.82) is 0 Å². The molecule has 1 unspecified atom stereocenters.